The number of benzene rings is 2. The summed E-state index contributed by atoms with van der Waals surface area (Å²) in [5.74, 6) is -0.0519. The average molecular weight is 373 g/mol. The van der Waals surface area contributed by atoms with Gasteiger partial charge in [-0.2, -0.15) is 0 Å². The van der Waals surface area contributed by atoms with Crippen LogP contribution in [-0.2, 0) is 0 Å². The Kier molecular flexibility index (Phi) is 9.57. The highest BCUT2D eigenvalue weighted by atomic mass is 35.5. The summed E-state index contributed by atoms with van der Waals surface area (Å²) in [6.07, 6.45) is 0. The van der Waals surface area contributed by atoms with Crippen LogP contribution in [0.2, 0.25) is 5.02 Å². The van der Waals surface area contributed by atoms with Crippen molar-refractivity contribution in [2.45, 2.75) is 38.9 Å². The fourth-order valence-electron chi connectivity index (χ4n) is 1.44. The maximum Gasteiger partial charge on any atom is 0.192 e. The van der Waals surface area contributed by atoms with E-state index in [4.69, 9.17) is 29.7 Å². The predicted molar refractivity (Wildman–Crippen MR) is 111 cm³/mol. The molecular formula is C21H26BClO3. The van der Waals surface area contributed by atoms with Gasteiger partial charge in [0.15, 0.2) is 5.78 Å². The number of rotatable bonds is 3. The highest BCUT2D eigenvalue weighted by Gasteiger charge is 2.31. The molecule has 2 aromatic carbocycles. The third-order valence-corrected chi connectivity index (χ3v) is 4.14. The molecule has 0 amide bonds. The molecule has 2 rings (SSSR count). The van der Waals surface area contributed by atoms with Crippen molar-refractivity contribution in [1.82, 2.24) is 0 Å². The Morgan fingerprint density at radius 2 is 1.38 bits per heavy atom. The Bertz CT molecular complexity index is 689. The first-order valence-electron chi connectivity index (χ1n) is 8.03. The monoisotopic (exact) mass is 372 g/mol. The number of carbonyl (C=O) groups is 1. The molecule has 0 saturated heterocycles. The lowest BCUT2D eigenvalue weighted by molar-refractivity contribution is -0.107. The molecule has 0 aliphatic carbocycles. The first kappa shape index (κ1) is 24.1. The van der Waals surface area contributed by atoms with Crippen LogP contribution in [0.4, 0.5) is 0 Å². The molecule has 0 unspecified atom stereocenters. The zero-order chi connectivity index (χ0) is 20.5. The van der Waals surface area contributed by atoms with E-state index in [2.05, 4.69) is 13.2 Å². The molecular weight excluding hydrogens is 346 g/mol. The van der Waals surface area contributed by atoms with Gasteiger partial charge >= 0.3 is 0 Å². The lowest BCUT2D eigenvalue weighted by Gasteiger charge is -2.31. The molecule has 0 fully saturated rings. The summed E-state index contributed by atoms with van der Waals surface area (Å²) >= 11 is 5.80. The van der Waals surface area contributed by atoms with Crippen LogP contribution in [0.5, 0.6) is 0 Å². The van der Waals surface area contributed by atoms with Crippen LogP contribution in [0, 0.1) is 0 Å². The number of hydrogen-bond donors (Lipinski definition) is 2. The van der Waals surface area contributed by atoms with E-state index >= 15 is 0 Å². The molecule has 3 nitrogen and oxygen atoms in total. The van der Waals surface area contributed by atoms with Crippen molar-refractivity contribution in [3.63, 3.8) is 0 Å². The molecule has 0 aliphatic rings. The standard InChI is InChI=1S/C13H8BClO.C6H14O2.C2H4/c14-11-8-10(6-7-12(11)15)13(16)9-4-2-1-3-5-9;1-5(2,7)6(3,4)8;1-2/h1-8H;7-8H,1-4H3;1-2H2. The molecule has 2 N–H and O–H groups in total. The lowest BCUT2D eigenvalue weighted by Crippen LogP contribution is -2.44. The minimum Gasteiger partial charge on any atom is -0.387 e. The Morgan fingerprint density at radius 3 is 1.77 bits per heavy atom. The summed E-state index contributed by atoms with van der Waals surface area (Å²) < 4.78 is 0. The second-order valence-corrected chi connectivity index (χ2v) is 6.96. The van der Waals surface area contributed by atoms with E-state index in [0.717, 1.165) is 0 Å². The first-order chi connectivity index (χ1) is 11.9. The first-order valence-corrected chi connectivity index (χ1v) is 8.41. The molecule has 0 atom stereocenters. The van der Waals surface area contributed by atoms with E-state index in [1.807, 2.05) is 18.2 Å². The molecule has 2 radical (unpaired) electrons. The van der Waals surface area contributed by atoms with Crippen LogP contribution in [0.3, 0.4) is 0 Å². The van der Waals surface area contributed by atoms with Gasteiger partial charge < -0.3 is 10.2 Å². The molecule has 0 spiro atoms. The molecule has 26 heavy (non-hydrogen) atoms. The maximum absolute atomic E-state index is 12.0. The van der Waals surface area contributed by atoms with Crippen molar-refractivity contribution >= 4 is 30.7 Å². The van der Waals surface area contributed by atoms with E-state index < -0.39 is 11.2 Å². The Morgan fingerprint density at radius 1 is 0.923 bits per heavy atom. The van der Waals surface area contributed by atoms with Crippen molar-refractivity contribution in [2.24, 2.45) is 0 Å². The van der Waals surface area contributed by atoms with Gasteiger partial charge in [0.1, 0.15) is 7.85 Å². The van der Waals surface area contributed by atoms with E-state index in [9.17, 15) is 4.79 Å². The average Bonchev–Trinajstić information content (AvgIpc) is 2.58. The minimum absolute atomic E-state index is 0.0519. The fraction of sp³-hybridized carbons (Fsp3) is 0.286. The molecule has 0 aromatic heterocycles. The van der Waals surface area contributed by atoms with Crippen molar-refractivity contribution < 1.29 is 15.0 Å². The molecule has 0 aliphatic heterocycles. The third kappa shape index (κ3) is 7.57. The van der Waals surface area contributed by atoms with Gasteiger partial charge in [0.25, 0.3) is 0 Å². The van der Waals surface area contributed by atoms with Crippen molar-refractivity contribution in [1.29, 1.82) is 0 Å². The predicted octanol–water partition coefficient (Wildman–Crippen LogP) is 3.70. The van der Waals surface area contributed by atoms with Crippen LogP contribution < -0.4 is 5.46 Å². The summed E-state index contributed by atoms with van der Waals surface area (Å²) in [7, 11) is 5.65. The van der Waals surface area contributed by atoms with Crippen LogP contribution in [0.15, 0.2) is 61.7 Å². The second kappa shape index (κ2) is 10.3. The Labute approximate surface area is 162 Å². The lowest BCUT2D eigenvalue weighted by atomic mass is 9.90. The summed E-state index contributed by atoms with van der Waals surface area (Å²) in [6.45, 7) is 12.3. The summed E-state index contributed by atoms with van der Waals surface area (Å²) in [5.41, 5.74) is -0.402. The van der Waals surface area contributed by atoms with Crippen molar-refractivity contribution in [3.05, 3.63) is 77.8 Å². The van der Waals surface area contributed by atoms with E-state index in [1.165, 1.54) is 0 Å². The van der Waals surface area contributed by atoms with E-state index in [0.29, 0.717) is 21.6 Å². The number of hydrogen-bond acceptors (Lipinski definition) is 3. The van der Waals surface area contributed by atoms with Gasteiger partial charge in [0.2, 0.25) is 0 Å². The number of ketones is 1. The van der Waals surface area contributed by atoms with Gasteiger partial charge in [-0.3, -0.25) is 4.79 Å². The van der Waals surface area contributed by atoms with Gasteiger partial charge in [-0.15, -0.1) is 13.2 Å². The van der Waals surface area contributed by atoms with Gasteiger partial charge in [-0.25, -0.2) is 0 Å². The fourth-order valence-corrected chi connectivity index (χ4v) is 1.56. The zero-order valence-corrected chi connectivity index (χ0v) is 16.5. The number of aliphatic hydroxyl groups is 2. The summed E-state index contributed by atoms with van der Waals surface area (Å²) in [4.78, 5) is 12.0. The van der Waals surface area contributed by atoms with Crippen molar-refractivity contribution in [2.75, 3.05) is 0 Å². The topological polar surface area (TPSA) is 57.5 Å². The summed E-state index contributed by atoms with van der Waals surface area (Å²) in [5, 5.41) is 18.7. The van der Waals surface area contributed by atoms with Crippen LogP contribution in [-0.4, -0.2) is 35.0 Å². The van der Waals surface area contributed by atoms with Crippen LogP contribution >= 0.6 is 11.6 Å². The minimum atomic E-state index is -1.01. The number of halogens is 1. The highest BCUT2D eigenvalue weighted by Crippen LogP contribution is 2.19. The highest BCUT2D eigenvalue weighted by molar-refractivity contribution is 6.45. The Hall–Kier alpha value is -1.88. The largest absolute Gasteiger partial charge is 0.387 e. The zero-order valence-electron chi connectivity index (χ0n) is 15.8. The van der Waals surface area contributed by atoms with E-state index in [1.54, 1.807) is 58.0 Å². The normalized spacial score (nSPS) is 10.7. The molecule has 5 heteroatoms. The molecule has 0 bridgehead atoms. The van der Waals surface area contributed by atoms with Gasteiger partial charge in [0.05, 0.1) is 11.2 Å². The third-order valence-electron chi connectivity index (χ3n) is 3.79. The molecule has 0 saturated carbocycles. The van der Waals surface area contributed by atoms with E-state index in [-0.39, 0.29) is 5.78 Å². The van der Waals surface area contributed by atoms with Crippen LogP contribution in [0.25, 0.3) is 0 Å². The van der Waals surface area contributed by atoms with Gasteiger partial charge in [-0.05, 0) is 39.8 Å². The Balaban J connectivity index is 0.000000533. The van der Waals surface area contributed by atoms with Crippen LogP contribution in [0.1, 0.15) is 43.6 Å². The second-order valence-electron chi connectivity index (χ2n) is 6.55. The quantitative estimate of drug-likeness (QED) is 0.491. The smallest absolute Gasteiger partial charge is 0.192 e. The molecule has 0 heterocycles. The van der Waals surface area contributed by atoms with Crippen molar-refractivity contribution in [3.8, 4) is 0 Å². The number of carbonyl (C=O) groups excluding carboxylic acids is 1. The van der Waals surface area contributed by atoms with Gasteiger partial charge in [0, 0.05) is 16.1 Å². The van der Waals surface area contributed by atoms with Gasteiger partial charge in [-0.1, -0.05) is 53.5 Å². The molecule has 2 aromatic rings. The summed E-state index contributed by atoms with van der Waals surface area (Å²) in [6, 6.07) is 14.0. The molecule has 138 valence electrons. The maximum atomic E-state index is 12.0. The SMILES string of the molecule is C=C.CC(C)(O)C(C)(C)O.[B]c1cc(C(=O)c2ccccc2)ccc1Cl.